The summed E-state index contributed by atoms with van der Waals surface area (Å²) < 4.78 is 1.28. The number of benzene rings is 2. The van der Waals surface area contributed by atoms with Crippen molar-refractivity contribution in [3.8, 4) is 11.8 Å². The summed E-state index contributed by atoms with van der Waals surface area (Å²) in [6, 6.07) is 14.5. The van der Waals surface area contributed by atoms with Gasteiger partial charge in [-0.25, -0.2) is 0 Å². The van der Waals surface area contributed by atoms with Crippen molar-refractivity contribution in [1.29, 1.82) is 0 Å². The van der Waals surface area contributed by atoms with Gasteiger partial charge in [0.1, 0.15) is 0 Å². The summed E-state index contributed by atoms with van der Waals surface area (Å²) in [5.41, 5.74) is 4.68. The van der Waals surface area contributed by atoms with E-state index in [-0.39, 0.29) is 0 Å². The van der Waals surface area contributed by atoms with Crippen LogP contribution in [0.2, 0.25) is 0 Å². The van der Waals surface area contributed by atoms with E-state index in [2.05, 4.69) is 78.6 Å². The zero-order valence-electron chi connectivity index (χ0n) is 9.92. The summed E-state index contributed by atoms with van der Waals surface area (Å²) in [4.78, 5) is 0. The smallest absolute Gasteiger partial charge is 0.0278 e. The van der Waals surface area contributed by atoms with Gasteiger partial charge in [-0.05, 0) is 71.8 Å². The van der Waals surface area contributed by atoms with Gasteiger partial charge in [-0.2, -0.15) is 0 Å². The van der Waals surface area contributed by atoms with E-state index in [1.165, 1.54) is 14.7 Å². The topological polar surface area (TPSA) is 0 Å². The van der Waals surface area contributed by atoms with Crippen LogP contribution in [0.5, 0.6) is 0 Å². The maximum absolute atomic E-state index is 3.22. The van der Waals surface area contributed by atoms with E-state index in [9.17, 15) is 0 Å². The molecule has 0 bridgehead atoms. The van der Waals surface area contributed by atoms with E-state index < -0.39 is 0 Å². The van der Waals surface area contributed by atoms with E-state index in [4.69, 9.17) is 0 Å². The molecular weight excluding hydrogens is 319 g/mol. The normalized spacial score (nSPS) is 9.59. The van der Waals surface area contributed by atoms with Crippen LogP contribution in [0.15, 0.2) is 42.5 Å². The molecule has 0 aliphatic rings. The molecule has 84 valence electrons. The molecular formula is C16H13I. The quantitative estimate of drug-likeness (QED) is 0.498. The Balaban J connectivity index is 2.33. The Hall–Kier alpha value is -1.27. The van der Waals surface area contributed by atoms with Gasteiger partial charge < -0.3 is 0 Å². The summed E-state index contributed by atoms with van der Waals surface area (Å²) in [7, 11) is 0. The lowest BCUT2D eigenvalue weighted by Crippen LogP contribution is -1.83. The largest absolute Gasteiger partial charge is 0.0619 e. The lowest BCUT2D eigenvalue weighted by molar-refractivity contribution is 1.41. The van der Waals surface area contributed by atoms with E-state index in [0.717, 1.165) is 11.1 Å². The van der Waals surface area contributed by atoms with Crippen molar-refractivity contribution < 1.29 is 0 Å². The summed E-state index contributed by atoms with van der Waals surface area (Å²) in [5, 5.41) is 0. The Labute approximate surface area is 116 Å². The van der Waals surface area contributed by atoms with E-state index in [1.807, 2.05) is 12.1 Å². The first-order valence-electron chi connectivity index (χ1n) is 5.50. The minimum Gasteiger partial charge on any atom is -0.0619 e. The van der Waals surface area contributed by atoms with Crippen LogP contribution in [-0.2, 0) is 0 Å². The highest BCUT2D eigenvalue weighted by Gasteiger charge is 1.95. The standard InChI is InChI=1S/C16H13I/c1-12-5-3-4-6-15(12)9-7-14-8-10-16(17)13(2)11-14/h3-6,8,10-11H,1-2H3. The third kappa shape index (κ3) is 3.10. The highest BCUT2D eigenvalue weighted by Crippen LogP contribution is 2.13. The number of rotatable bonds is 0. The lowest BCUT2D eigenvalue weighted by atomic mass is 10.1. The Morgan fingerprint density at radius 2 is 1.65 bits per heavy atom. The third-order valence-electron chi connectivity index (χ3n) is 2.64. The second kappa shape index (κ2) is 5.37. The molecule has 0 fully saturated rings. The van der Waals surface area contributed by atoms with Crippen molar-refractivity contribution in [1.82, 2.24) is 0 Å². The van der Waals surface area contributed by atoms with Gasteiger partial charge in [-0.1, -0.05) is 30.0 Å². The van der Waals surface area contributed by atoms with Crippen molar-refractivity contribution >= 4 is 22.6 Å². The van der Waals surface area contributed by atoms with Crippen LogP contribution in [0.3, 0.4) is 0 Å². The summed E-state index contributed by atoms with van der Waals surface area (Å²) >= 11 is 2.34. The highest BCUT2D eigenvalue weighted by atomic mass is 127. The lowest BCUT2D eigenvalue weighted by Gasteiger charge is -1.98. The fourth-order valence-corrected chi connectivity index (χ4v) is 1.91. The van der Waals surface area contributed by atoms with Crippen molar-refractivity contribution in [3.05, 3.63) is 68.3 Å². The molecule has 0 aliphatic heterocycles. The molecule has 0 amide bonds. The summed E-state index contributed by atoms with van der Waals surface area (Å²) in [5.74, 6) is 6.44. The zero-order valence-corrected chi connectivity index (χ0v) is 12.1. The minimum absolute atomic E-state index is 1.08. The Kier molecular flexibility index (Phi) is 3.86. The van der Waals surface area contributed by atoms with Crippen LogP contribution in [-0.4, -0.2) is 0 Å². The van der Waals surface area contributed by atoms with Gasteiger partial charge in [-0.3, -0.25) is 0 Å². The van der Waals surface area contributed by atoms with E-state index in [1.54, 1.807) is 0 Å². The maximum atomic E-state index is 3.22. The first-order valence-corrected chi connectivity index (χ1v) is 6.58. The molecule has 17 heavy (non-hydrogen) atoms. The molecule has 0 unspecified atom stereocenters. The van der Waals surface area contributed by atoms with Crippen molar-refractivity contribution in [2.24, 2.45) is 0 Å². The fourth-order valence-electron chi connectivity index (χ4n) is 1.58. The van der Waals surface area contributed by atoms with Gasteiger partial charge >= 0.3 is 0 Å². The second-order valence-electron chi connectivity index (χ2n) is 4.03. The van der Waals surface area contributed by atoms with Gasteiger partial charge in [0.15, 0.2) is 0 Å². The molecule has 0 saturated heterocycles. The predicted octanol–water partition coefficient (Wildman–Crippen LogP) is 4.31. The average molecular weight is 332 g/mol. The van der Waals surface area contributed by atoms with E-state index in [0.29, 0.717) is 0 Å². The molecule has 0 N–H and O–H groups in total. The number of aryl methyl sites for hydroxylation is 2. The van der Waals surface area contributed by atoms with Gasteiger partial charge in [0.25, 0.3) is 0 Å². The molecule has 0 spiro atoms. The number of hydrogen-bond donors (Lipinski definition) is 0. The van der Waals surface area contributed by atoms with Gasteiger partial charge in [0.2, 0.25) is 0 Å². The average Bonchev–Trinajstić information content (AvgIpc) is 2.32. The Bertz CT molecular complexity index is 600. The molecule has 0 nitrogen and oxygen atoms in total. The van der Waals surface area contributed by atoms with Crippen LogP contribution < -0.4 is 0 Å². The van der Waals surface area contributed by atoms with Crippen LogP contribution in [0.4, 0.5) is 0 Å². The van der Waals surface area contributed by atoms with Crippen LogP contribution in [0.1, 0.15) is 22.3 Å². The maximum Gasteiger partial charge on any atom is 0.0278 e. The minimum atomic E-state index is 1.08. The molecule has 2 aromatic carbocycles. The monoisotopic (exact) mass is 332 g/mol. The molecule has 0 radical (unpaired) electrons. The van der Waals surface area contributed by atoms with Gasteiger partial charge in [0, 0.05) is 14.7 Å². The van der Waals surface area contributed by atoms with Gasteiger partial charge in [-0.15, -0.1) is 0 Å². The van der Waals surface area contributed by atoms with E-state index >= 15 is 0 Å². The second-order valence-corrected chi connectivity index (χ2v) is 5.19. The number of hydrogen-bond acceptors (Lipinski definition) is 0. The highest BCUT2D eigenvalue weighted by molar-refractivity contribution is 14.1. The fraction of sp³-hybridized carbons (Fsp3) is 0.125. The SMILES string of the molecule is Cc1cc(C#Cc2ccccc2C)ccc1I. The van der Waals surface area contributed by atoms with Crippen molar-refractivity contribution in [3.63, 3.8) is 0 Å². The summed E-state index contributed by atoms with van der Waals surface area (Å²) in [6.07, 6.45) is 0. The summed E-state index contributed by atoms with van der Waals surface area (Å²) in [6.45, 7) is 4.20. The molecule has 2 rings (SSSR count). The predicted molar refractivity (Wildman–Crippen MR) is 81.1 cm³/mol. The van der Waals surface area contributed by atoms with Crippen molar-refractivity contribution in [2.75, 3.05) is 0 Å². The van der Waals surface area contributed by atoms with Crippen molar-refractivity contribution in [2.45, 2.75) is 13.8 Å². The molecule has 0 heterocycles. The Morgan fingerprint density at radius 1 is 0.882 bits per heavy atom. The van der Waals surface area contributed by atoms with Gasteiger partial charge in [0.05, 0.1) is 0 Å². The molecule has 2 aromatic rings. The third-order valence-corrected chi connectivity index (χ3v) is 3.85. The zero-order chi connectivity index (χ0) is 12.3. The van der Waals surface area contributed by atoms with Crippen LogP contribution in [0, 0.1) is 29.3 Å². The first kappa shape index (κ1) is 12.2. The molecule has 0 atom stereocenters. The molecule has 0 aromatic heterocycles. The molecule has 0 saturated carbocycles. The van der Waals surface area contributed by atoms with Crippen LogP contribution in [0.25, 0.3) is 0 Å². The molecule has 1 heteroatoms. The molecule has 0 aliphatic carbocycles. The first-order chi connectivity index (χ1) is 8.16. The van der Waals surface area contributed by atoms with Crippen LogP contribution >= 0.6 is 22.6 Å². The Morgan fingerprint density at radius 3 is 2.35 bits per heavy atom. The number of halogens is 1.